The number of hydrogen-bond donors (Lipinski definition) is 1. The van der Waals surface area contributed by atoms with Gasteiger partial charge in [-0.3, -0.25) is 4.79 Å². The molecule has 1 aliphatic carbocycles. The molecule has 0 bridgehead atoms. The fraction of sp³-hybridized carbons (Fsp3) is 0.333. The number of hydrogen-bond acceptors (Lipinski definition) is 4. The SMILES string of the molecule is O=C(c1c(Cl)cccc1Cl)C1CCC[C@H](Nc2nc3ccc(Cl)cc3o2)CC1. The van der Waals surface area contributed by atoms with Crippen LogP contribution < -0.4 is 5.32 Å². The van der Waals surface area contributed by atoms with Crippen LogP contribution in [0, 0.1) is 5.92 Å². The molecule has 2 aromatic carbocycles. The first-order chi connectivity index (χ1) is 13.5. The summed E-state index contributed by atoms with van der Waals surface area (Å²) in [5, 5.41) is 4.82. The summed E-state index contributed by atoms with van der Waals surface area (Å²) >= 11 is 18.4. The van der Waals surface area contributed by atoms with Crippen LogP contribution in [-0.4, -0.2) is 16.8 Å². The van der Waals surface area contributed by atoms with Crippen LogP contribution in [0.3, 0.4) is 0 Å². The van der Waals surface area contributed by atoms with Gasteiger partial charge in [-0.2, -0.15) is 4.98 Å². The molecule has 0 spiro atoms. The van der Waals surface area contributed by atoms with Crippen molar-refractivity contribution >= 4 is 57.7 Å². The molecule has 146 valence electrons. The third-order valence-electron chi connectivity index (χ3n) is 5.23. The van der Waals surface area contributed by atoms with Gasteiger partial charge in [-0.05, 0) is 49.9 Å². The summed E-state index contributed by atoms with van der Waals surface area (Å²) in [6, 6.07) is 11.2. The molecule has 28 heavy (non-hydrogen) atoms. The van der Waals surface area contributed by atoms with Crippen molar-refractivity contribution in [3.63, 3.8) is 0 Å². The Kier molecular flexibility index (Phi) is 5.81. The predicted molar refractivity (Wildman–Crippen MR) is 114 cm³/mol. The van der Waals surface area contributed by atoms with Crippen LogP contribution in [0.5, 0.6) is 0 Å². The zero-order valence-corrected chi connectivity index (χ0v) is 17.3. The van der Waals surface area contributed by atoms with E-state index in [4.69, 9.17) is 39.2 Å². The Hall–Kier alpha value is -1.75. The Balaban J connectivity index is 1.44. The molecule has 1 N–H and O–H groups in total. The van der Waals surface area contributed by atoms with Crippen molar-refractivity contribution in [3.05, 3.63) is 57.0 Å². The quantitative estimate of drug-likeness (QED) is 0.351. The van der Waals surface area contributed by atoms with Gasteiger partial charge in [-0.1, -0.05) is 47.3 Å². The van der Waals surface area contributed by atoms with Gasteiger partial charge in [0, 0.05) is 23.0 Å². The van der Waals surface area contributed by atoms with Crippen LogP contribution in [0.2, 0.25) is 15.1 Å². The number of benzene rings is 2. The van der Waals surface area contributed by atoms with E-state index in [1.54, 1.807) is 30.3 Å². The number of Topliss-reactive ketones (excluding diaryl/α,β-unsaturated/α-hetero) is 1. The van der Waals surface area contributed by atoms with Crippen molar-refractivity contribution in [2.45, 2.75) is 38.1 Å². The number of nitrogens with zero attached hydrogens (tertiary/aromatic N) is 1. The van der Waals surface area contributed by atoms with E-state index in [0.717, 1.165) is 37.6 Å². The summed E-state index contributed by atoms with van der Waals surface area (Å²) < 4.78 is 5.76. The number of aromatic nitrogens is 1. The van der Waals surface area contributed by atoms with Gasteiger partial charge in [0.05, 0.1) is 15.6 Å². The van der Waals surface area contributed by atoms with Crippen LogP contribution in [0.15, 0.2) is 40.8 Å². The van der Waals surface area contributed by atoms with Gasteiger partial charge in [-0.15, -0.1) is 0 Å². The minimum absolute atomic E-state index is 0.0350. The fourth-order valence-corrected chi connectivity index (χ4v) is 4.53. The predicted octanol–water partition coefficient (Wildman–Crippen LogP) is 7.03. The lowest BCUT2D eigenvalue weighted by atomic mass is 9.91. The summed E-state index contributed by atoms with van der Waals surface area (Å²) in [6.07, 6.45) is 4.31. The van der Waals surface area contributed by atoms with Crippen molar-refractivity contribution in [2.24, 2.45) is 5.92 Å². The van der Waals surface area contributed by atoms with E-state index < -0.39 is 0 Å². The lowest BCUT2D eigenvalue weighted by Gasteiger charge is -2.16. The van der Waals surface area contributed by atoms with Gasteiger partial charge in [0.25, 0.3) is 6.01 Å². The topological polar surface area (TPSA) is 55.1 Å². The van der Waals surface area contributed by atoms with Gasteiger partial charge in [0.1, 0.15) is 5.52 Å². The lowest BCUT2D eigenvalue weighted by molar-refractivity contribution is 0.0908. The van der Waals surface area contributed by atoms with Crippen molar-refractivity contribution in [1.82, 2.24) is 4.98 Å². The third-order valence-corrected chi connectivity index (χ3v) is 6.09. The highest BCUT2D eigenvalue weighted by Gasteiger charge is 2.28. The molecule has 1 heterocycles. The normalized spacial score (nSPS) is 20.1. The Morgan fingerprint density at radius 2 is 1.82 bits per heavy atom. The number of carbonyl (C=O) groups is 1. The Labute approximate surface area is 178 Å². The molecule has 1 aliphatic rings. The molecule has 1 fully saturated rings. The number of halogens is 3. The summed E-state index contributed by atoms with van der Waals surface area (Å²) in [4.78, 5) is 17.4. The molecule has 0 amide bonds. The van der Waals surface area contributed by atoms with Crippen molar-refractivity contribution in [3.8, 4) is 0 Å². The zero-order chi connectivity index (χ0) is 19.7. The first kappa shape index (κ1) is 19.6. The number of carbonyl (C=O) groups excluding carboxylic acids is 1. The van der Waals surface area contributed by atoms with Gasteiger partial charge in [-0.25, -0.2) is 0 Å². The van der Waals surface area contributed by atoms with Crippen LogP contribution >= 0.6 is 34.8 Å². The molecule has 4 rings (SSSR count). The third kappa shape index (κ3) is 4.14. The number of nitrogens with one attached hydrogen (secondary N) is 1. The summed E-state index contributed by atoms with van der Waals surface area (Å²) in [7, 11) is 0. The molecule has 3 aromatic rings. The van der Waals surface area contributed by atoms with E-state index in [0.29, 0.717) is 32.2 Å². The second-order valence-electron chi connectivity index (χ2n) is 7.14. The monoisotopic (exact) mass is 436 g/mol. The van der Waals surface area contributed by atoms with Crippen LogP contribution in [-0.2, 0) is 0 Å². The highest BCUT2D eigenvalue weighted by Crippen LogP contribution is 2.33. The molecular weight excluding hydrogens is 419 g/mol. The molecular formula is C21H19Cl3N2O2. The lowest BCUT2D eigenvalue weighted by Crippen LogP contribution is -2.19. The van der Waals surface area contributed by atoms with Crippen molar-refractivity contribution < 1.29 is 9.21 Å². The van der Waals surface area contributed by atoms with Crippen LogP contribution in [0.4, 0.5) is 6.01 Å². The maximum atomic E-state index is 13.0. The maximum absolute atomic E-state index is 13.0. The standard InChI is InChI=1S/C21H19Cl3N2O2/c22-13-8-10-17-18(11-13)28-21(26-17)25-14-4-1-3-12(7-9-14)20(27)19-15(23)5-2-6-16(19)24/h2,5-6,8,10-12,14H,1,3-4,7,9H2,(H,25,26)/t12?,14-/m0/s1. The minimum Gasteiger partial charge on any atom is -0.423 e. The smallest absolute Gasteiger partial charge is 0.295 e. The Morgan fingerprint density at radius 3 is 2.61 bits per heavy atom. The molecule has 7 heteroatoms. The highest BCUT2D eigenvalue weighted by molar-refractivity contribution is 6.39. The molecule has 1 saturated carbocycles. The summed E-state index contributed by atoms with van der Waals surface area (Å²) in [5.74, 6) is -0.0422. The Morgan fingerprint density at radius 1 is 1.04 bits per heavy atom. The van der Waals surface area contributed by atoms with E-state index in [1.807, 2.05) is 6.07 Å². The Bertz CT molecular complexity index is 998. The number of rotatable bonds is 4. The number of fused-ring (bicyclic) bond motifs is 1. The average molecular weight is 438 g/mol. The van der Waals surface area contributed by atoms with Gasteiger partial charge in [0.15, 0.2) is 11.4 Å². The van der Waals surface area contributed by atoms with Crippen LogP contribution in [0.25, 0.3) is 11.1 Å². The van der Waals surface area contributed by atoms with Crippen molar-refractivity contribution in [2.75, 3.05) is 5.32 Å². The summed E-state index contributed by atoms with van der Waals surface area (Å²) in [5.41, 5.74) is 1.87. The molecule has 2 atom stereocenters. The van der Waals surface area contributed by atoms with E-state index in [-0.39, 0.29) is 17.7 Å². The second-order valence-corrected chi connectivity index (χ2v) is 8.39. The highest BCUT2D eigenvalue weighted by atomic mass is 35.5. The van der Waals surface area contributed by atoms with Gasteiger partial charge in [0.2, 0.25) is 0 Å². The van der Waals surface area contributed by atoms with E-state index in [2.05, 4.69) is 10.3 Å². The number of oxazole rings is 1. The molecule has 4 nitrogen and oxygen atoms in total. The van der Waals surface area contributed by atoms with E-state index in [1.165, 1.54) is 0 Å². The molecule has 1 unspecified atom stereocenters. The number of anilines is 1. The second kappa shape index (κ2) is 8.32. The zero-order valence-electron chi connectivity index (χ0n) is 15.1. The average Bonchev–Trinajstić information content (AvgIpc) is 2.89. The van der Waals surface area contributed by atoms with Crippen LogP contribution in [0.1, 0.15) is 42.5 Å². The van der Waals surface area contributed by atoms with Crippen molar-refractivity contribution in [1.29, 1.82) is 0 Å². The summed E-state index contributed by atoms with van der Waals surface area (Å²) in [6.45, 7) is 0. The fourth-order valence-electron chi connectivity index (χ4n) is 3.78. The van der Waals surface area contributed by atoms with E-state index >= 15 is 0 Å². The van der Waals surface area contributed by atoms with E-state index in [9.17, 15) is 4.79 Å². The first-order valence-electron chi connectivity index (χ1n) is 9.32. The minimum atomic E-state index is -0.0772. The largest absolute Gasteiger partial charge is 0.423 e. The maximum Gasteiger partial charge on any atom is 0.295 e. The first-order valence-corrected chi connectivity index (χ1v) is 10.5. The molecule has 0 radical (unpaired) electrons. The molecule has 1 aromatic heterocycles. The van der Waals surface area contributed by atoms with Gasteiger partial charge < -0.3 is 9.73 Å². The van der Waals surface area contributed by atoms with Gasteiger partial charge >= 0.3 is 0 Å². The molecule has 0 saturated heterocycles. The number of ketones is 1. The molecule has 0 aliphatic heterocycles.